The van der Waals surface area contributed by atoms with Crippen LogP contribution in [0.3, 0.4) is 0 Å². The normalized spacial score (nSPS) is 12.9. The lowest BCUT2D eigenvalue weighted by molar-refractivity contribution is -0.139. The summed E-state index contributed by atoms with van der Waals surface area (Å²) in [5.74, 6) is 0.453. The third-order valence-corrected chi connectivity index (χ3v) is 2.62. The second-order valence-electron chi connectivity index (χ2n) is 4.81. The second kappa shape index (κ2) is 7.10. The highest BCUT2D eigenvalue weighted by molar-refractivity contribution is 5.73. The molecule has 1 rings (SSSR count). The molecular formula is C12H22N4O2. The van der Waals surface area contributed by atoms with Crippen LogP contribution in [0.4, 0.5) is 0 Å². The third kappa shape index (κ3) is 4.44. The lowest BCUT2D eigenvalue weighted by atomic mass is 10.1. The molecule has 1 unspecified atom stereocenters. The Labute approximate surface area is 107 Å². The average molecular weight is 254 g/mol. The van der Waals surface area contributed by atoms with Crippen LogP contribution in [0.2, 0.25) is 0 Å². The number of hydrogen-bond acceptors (Lipinski definition) is 4. The Morgan fingerprint density at radius 1 is 1.56 bits per heavy atom. The van der Waals surface area contributed by atoms with Crippen molar-refractivity contribution in [1.82, 2.24) is 20.1 Å². The molecule has 6 nitrogen and oxygen atoms in total. The van der Waals surface area contributed by atoms with E-state index < -0.39 is 12.0 Å². The smallest absolute Gasteiger partial charge is 0.320 e. The standard InChI is InChI=1S/C12H22N4O2/c1-4-5-10(12(17)18)13-6-11-14-8-15-16(11)7-9(2)3/h8-10,13H,4-7H2,1-3H3,(H,17,18). The van der Waals surface area contributed by atoms with Gasteiger partial charge in [0.25, 0.3) is 0 Å². The number of nitrogens with one attached hydrogen (secondary N) is 1. The predicted molar refractivity (Wildman–Crippen MR) is 68.0 cm³/mol. The third-order valence-electron chi connectivity index (χ3n) is 2.62. The van der Waals surface area contributed by atoms with Crippen LogP contribution in [-0.2, 0) is 17.9 Å². The van der Waals surface area contributed by atoms with Crippen molar-refractivity contribution in [3.05, 3.63) is 12.2 Å². The van der Waals surface area contributed by atoms with Crippen molar-refractivity contribution >= 4 is 5.97 Å². The van der Waals surface area contributed by atoms with Crippen LogP contribution in [0.15, 0.2) is 6.33 Å². The van der Waals surface area contributed by atoms with Gasteiger partial charge in [0.2, 0.25) is 0 Å². The summed E-state index contributed by atoms with van der Waals surface area (Å²) >= 11 is 0. The number of carbonyl (C=O) groups is 1. The molecule has 0 saturated carbocycles. The van der Waals surface area contributed by atoms with E-state index in [9.17, 15) is 4.79 Å². The molecule has 6 heteroatoms. The maximum Gasteiger partial charge on any atom is 0.320 e. The lowest BCUT2D eigenvalue weighted by Gasteiger charge is -2.14. The van der Waals surface area contributed by atoms with Gasteiger partial charge in [-0.05, 0) is 12.3 Å². The number of rotatable bonds is 8. The molecule has 0 aliphatic rings. The summed E-state index contributed by atoms with van der Waals surface area (Å²) in [6, 6.07) is -0.515. The molecule has 18 heavy (non-hydrogen) atoms. The van der Waals surface area contributed by atoms with Crippen LogP contribution in [0.1, 0.15) is 39.4 Å². The van der Waals surface area contributed by atoms with Crippen LogP contribution >= 0.6 is 0 Å². The van der Waals surface area contributed by atoms with Crippen molar-refractivity contribution in [2.24, 2.45) is 5.92 Å². The van der Waals surface area contributed by atoms with Gasteiger partial charge in [-0.2, -0.15) is 5.10 Å². The zero-order chi connectivity index (χ0) is 13.5. The summed E-state index contributed by atoms with van der Waals surface area (Å²) in [6.45, 7) is 7.41. The Kier molecular flexibility index (Phi) is 5.77. The molecule has 0 radical (unpaired) electrons. The molecule has 0 aliphatic carbocycles. The van der Waals surface area contributed by atoms with E-state index in [2.05, 4.69) is 29.2 Å². The Morgan fingerprint density at radius 3 is 2.83 bits per heavy atom. The first-order valence-electron chi connectivity index (χ1n) is 6.37. The highest BCUT2D eigenvalue weighted by atomic mass is 16.4. The fourth-order valence-corrected chi connectivity index (χ4v) is 1.74. The highest BCUT2D eigenvalue weighted by Crippen LogP contribution is 2.03. The van der Waals surface area contributed by atoms with Crippen molar-refractivity contribution in [2.75, 3.05) is 0 Å². The van der Waals surface area contributed by atoms with Crippen LogP contribution in [0.25, 0.3) is 0 Å². The first-order valence-corrected chi connectivity index (χ1v) is 6.37. The SMILES string of the molecule is CCCC(NCc1ncnn1CC(C)C)C(=O)O. The second-order valence-corrected chi connectivity index (χ2v) is 4.81. The van der Waals surface area contributed by atoms with E-state index in [1.54, 1.807) is 0 Å². The Hall–Kier alpha value is -1.43. The maximum absolute atomic E-state index is 11.0. The zero-order valence-corrected chi connectivity index (χ0v) is 11.3. The maximum atomic E-state index is 11.0. The molecule has 0 bridgehead atoms. The van der Waals surface area contributed by atoms with Gasteiger partial charge in [-0.1, -0.05) is 27.2 Å². The quantitative estimate of drug-likeness (QED) is 0.730. The molecule has 1 aromatic heterocycles. The topological polar surface area (TPSA) is 80.0 Å². The predicted octanol–water partition coefficient (Wildman–Crippen LogP) is 1.28. The van der Waals surface area contributed by atoms with Crippen molar-refractivity contribution in [1.29, 1.82) is 0 Å². The van der Waals surface area contributed by atoms with Gasteiger partial charge in [-0.3, -0.25) is 10.1 Å². The molecule has 102 valence electrons. The van der Waals surface area contributed by atoms with Crippen LogP contribution in [0.5, 0.6) is 0 Å². The van der Waals surface area contributed by atoms with E-state index in [4.69, 9.17) is 5.11 Å². The van der Waals surface area contributed by atoms with Gasteiger partial charge >= 0.3 is 5.97 Å². The van der Waals surface area contributed by atoms with Gasteiger partial charge < -0.3 is 5.11 Å². The van der Waals surface area contributed by atoms with Crippen molar-refractivity contribution in [2.45, 2.75) is 52.7 Å². The Bertz CT molecular complexity index is 376. The van der Waals surface area contributed by atoms with E-state index >= 15 is 0 Å². The van der Waals surface area contributed by atoms with Gasteiger partial charge in [0.1, 0.15) is 18.2 Å². The molecule has 1 heterocycles. The van der Waals surface area contributed by atoms with Gasteiger partial charge in [-0.25, -0.2) is 9.67 Å². The largest absolute Gasteiger partial charge is 0.480 e. The van der Waals surface area contributed by atoms with Crippen molar-refractivity contribution < 1.29 is 9.90 Å². The molecule has 1 aromatic rings. The van der Waals surface area contributed by atoms with Crippen LogP contribution in [0, 0.1) is 5.92 Å². The number of carboxylic acid groups (broad SMARTS) is 1. The molecule has 0 spiro atoms. The van der Waals surface area contributed by atoms with Gasteiger partial charge in [0.15, 0.2) is 0 Å². The minimum atomic E-state index is -0.813. The minimum absolute atomic E-state index is 0.434. The Morgan fingerprint density at radius 2 is 2.28 bits per heavy atom. The van der Waals surface area contributed by atoms with E-state index in [0.29, 0.717) is 18.9 Å². The molecule has 2 N–H and O–H groups in total. The molecule has 0 aliphatic heterocycles. The summed E-state index contributed by atoms with van der Waals surface area (Å²) in [5.41, 5.74) is 0. The molecule has 0 aromatic carbocycles. The number of hydrogen-bond donors (Lipinski definition) is 2. The lowest BCUT2D eigenvalue weighted by Crippen LogP contribution is -2.36. The Balaban J connectivity index is 2.56. The monoisotopic (exact) mass is 254 g/mol. The molecule has 0 amide bonds. The van der Waals surface area contributed by atoms with Gasteiger partial charge in [-0.15, -0.1) is 0 Å². The number of carboxylic acids is 1. The fraction of sp³-hybridized carbons (Fsp3) is 0.750. The van der Waals surface area contributed by atoms with Crippen LogP contribution in [-0.4, -0.2) is 31.9 Å². The van der Waals surface area contributed by atoms with Gasteiger partial charge in [0, 0.05) is 6.54 Å². The highest BCUT2D eigenvalue weighted by Gasteiger charge is 2.16. The number of aromatic nitrogens is 3. The average Bonchev–Trinajstić information content (AvgIpc) is 2.70. The summed E-state index contributed by atoms with van der Waals surface area (Å²) in [4.78, 5) is 15.2. The van der Waals surface area contributed by atoms with Crippen molar-refractivity contribution in [3.8, 4) is 0 Å². The zero-order valence-electron chi connectivity index (χ0n) is 11.3. The van der Waals surface area contributed by atoms with E-state index in [-0.39, 0.29) is 0 Å². The minimum Gasteiger partial charge on any atom is -0.480 e. The van der Waals surface area contributed by atoms with Crippen LogP contribution < -0.4 is 5.32 Å². The first-order chi connectivity index (χ1) is 8.54. The van der Waals surface area contributed by atoms with Gasteiger partial charge in [0.05, 0.1) is 6.54 Å². The summed E-state index contributed by atoms with van der Waals surface area (Å²) < 4.78 is 1.82. The summed E-state index contributed by atoms with van der Waals surface area (Å²) in [6.07, 6.45) is 2.96. The fourth-order valence-electron chi connectivity index (χ4n) is 1.74. The van der Waals surface area contributed by atoms with E-state index in [0.717, 1.165) is 18.8 Å². The molecule has 1 atom stereocenters. The number of aliphatic carboxylic acids is 1. The molecule has 0 saturated heterocycles. The first kappa shape index (κ1) is 14.6. The van der Waals surface area contributed by atoms with Crippen molar-refractivity contribution in [3.63, 3.8) is 0 Å². The molecular weight excluding hydrogens is 232 g/mol. The number of nitrogens with zero attached hydrogens (tertiary/aromatic N) is 3. The summed E-state index contributed by atoms with van der Waals surface area (Å²) in [5, 5.41) is 16.2. The van der Waals surface area contributed by atoms with E-state index in [1.807, 2.05) is 11.6 Å². The summed E-state index contributed by atoms with van der Waals surface area (Å²) in [7, 11) is 0. The van der Waals surface area contributed by atoms with E-state index in [1.165, 1.54) is 6.33 Å². The molecule has 0 fully saturated rings.